The average Bonchev–Trinajstić information content (AvgIpc) is 2.85. The third-order valence-corrected chi connectivity index (χ3v) is 4.97. The molecule has 0 saturated carbocycles. The van der Waals surface area contributed by atoms with Gasteiger partial charge in [0, 0.05) is 15.1 Å². The molecule has 0 saturated heterocycles. The maximum atomic E-state index is 12.3. The van der Waals surface area contributed by atoms with Crippen molar-refractivity contribution in [3.63, 3.8) is 0 Å². The minimum absolute atomic E-state index is 0.321. The predicted octanol–water partition coefficient (Wildman–Crippen LogP) is 4.49. The summed E-state index contributed by atoms with van der Waals surface area (Å²) in [6, 6.07) is 12.5. The highest BCUT2D eigenvalue weighted by Gasteiger charge is 2.09. The first-order valence-corrected chi connectivity index (χ1v) is 8.64. The largest absolute Gasteiger partial charge is 0.305 e. The van der Waals surface area contributed by atoms with Crippen molar-refractivity contribution in [2.45, 2.75) is 6.54 Å². The number of thiazole rings is 1. The molecule has 6 heteroatoms. The fraction of sp³-hybridized carbons (Fsp3) is 0.0588. The van der Waals surface area contributed by atoms with Crippen molar-refractivity contribution in [1.82, 2.24) is 4.57 Å². The zero-order chi connectivity index (χ0) is 16.4. The zero-order valence-corrected chi connectivity index (χ0v) is 15.0. The Labute approximate surface area is 150 Å². The Hall–Kier alpha value is -1.87. The summed E-state index contributed by atoms with van der Waals surface area (Å²) in [4.78, 5) is 17.2. The fourth-order valence-electron chi connectivity index (χ4n) is 2.12. The van der Waals surface area contributed by atoms with Crippen molar-refractivity contribution in [3.05, 3.63) is 62.3 Å². The number of hydrogen-bond acceptors (Lipinski definition) is 2. The summed E-state index contributed by atoms with van der Waals surface area (Å²) in [6.07, 6.45) is 5.45. The molecule has 0 N–H and O–H groups in total. The Morgan fingerprint density at radius 2 is 2.04 bits per heavy atom. The Kier molecular flexibility index (Phi) is 4.67. The number of carbonyl (C=O) groups is 1. The highest BCUT2D eigenvalue weighted by molar-refractivity contribution is 9.10. The zero-order valence-electron chi connectivity index (χ0n) is 11.8. The average molecular weight is 406 g/mol. The van der Waals surface area contributed by atoms with Crippen LogP contribution in [0.3, 0.4) is 0 Å². The number of rotatable bonds is 2. The van der Waals surface area contributed by atoms with Crippen LogP contribution in [0.5, 0.6) is 0 Å². The molecular formula is C17H10BrClN2OS. The summed E-state index contributed by atoms with van der Waals surface area (Å²) in [5.41, 5.74) is 1.44. The summed E-state index contributed by atoms with van der Waals surface area (Å²) in [7, 11) is 0. The van der Waals surface area contributed by atoms with E-state index in [9.17, 15) is 4.79 Å². The quantitative estimate of drug-likeness (QED) is 0.578. The van der Waals surface area contributed by atoms with Crippen molar-refractivity contribution in [2.75, 3.05) is 0 Å². The number of hydrogen-bond donors (Lipinski definition) is 0. The molecule has 3 aromatic rings. The van der Waals surface area contributed by atoms with Crippen LogP contribution in [-0.2, 0) is 6.54 Å². The van der Waals surface area contributed by atoms with Crippen LogP contribution in [0, 0.1) is 12.3 Å². The number of fused-ring (bicyclic) bond motifs is 1. The number of amides is 1. The number of nitrogens with zero attached hydrogens (tertiary/aromatic N) is 2. The van der Waals surface area contributed by atoms with E-state index in [1.807, 2.05) is 22.8 Å². The topological polar surface area (TPSA) is 34.4 Å². The first kappa shape index (κ1) is 16.0. The van der Waals surface area contributed by atoms with Crippen molar-refractivity contribution in [2.24, 2.45) is 4.99 Å². The number of aromatic nitrogens is 1. The fourth-order valence-corrected chi connectivity index (χ4v) is 3.83. The second-order valence-electron chi connectivity index (χ2n) is 4.71. The lowest BCUT2D eigenvalue weighted by Crippen LogP contribution is -2.16. The molecule has 0 aliphatic rings. The second kappa shape index (κ2) is 6.71. The molecule has 23 heavy (non-hydrogen) atoms. The predicted molar refractivity (Wildman–Crippen MR) is 97.7 cm³/mol. The van der Waals surface area contributed by atoms with E-state index in [0.717, 1.165) is 14.7 Å². The summed E-state index contributed by atoms with van der Waals surface area (Å²) in [5, 5.41) is 0.579. The molecule has 0 unspecified atom stereocenters. The third-order valence-electron chi connectivity index (χ3n) is 3.18. The van der Waals surface area contributed by atoms with Crippen LogP contribution in [0.1, 0.15) is 10.4 Å². The molecule has 1 heterocycles. The first-order valence-electron chi connectivity index (χ1n) is 6.65. The van der Waals surface area contributed by atoms with Gasteiger partial charge in [-0.1, -0.05) is 44.8 Å². The van der Waals surface area contributed by atoms with Crippen molar-refractivity contribution >= 4 is 55.0 Å². The lowest BCUT2D eigenvalue weighted by atomic mass is 10.2. The summed E-state index contributed by atoms with van der Waals surface area (Å²) < 4.78 is 3.84. The lowest BCUT2D eigenvalue weighted by Gasteiger charge is -2.00. The van der Waals surface area contributed by atoms with Gasteiger partial charge in [-0.3, -0.25) is 4.79 Å². The molecule has 0 aliphatic heterocycles. The Morgan fingerprint density at radius 1 is 1.30 bits per heavy atom. The monoisotopic (exact) mass is 404 g/mol. The van der Waals surface area contributed by atoms with Gasteiger partial charge in [-0.15, -0.1) is 6.42 Å². The molecular weight excluding hydrogens is 396 g/mol. The van der Waals surface area contributed by atoms with E-state index in [1.165, 1.54) is 11.3 Å². The smallest absolute Gasteiger partial charge is 0.279 e. The van der Waals surface area contributed by atoms with Crippen LogP contribution in [0.2, 0.25) is 5.02 Å². The minimum atomic E-state index is -0.321. The van der Waals surface area contributed by atoms with Crippen LogP contribution in [0.15, 0.2) is 51.9 Å². The summed E-state index contributed by atoms with van der Waals surface area (Å²) >= 11 is 10.7. The SMILES string of the molecule is C#CCn1c(=NC(=O)c2ccc(Cl)cc2)sc2cc(Br)ccc21. The first-order chi connectivity index (χ1) is 11.1. The third kappa shape index (κ3) is 3.40. The van der Waals surface area contributed by atoms with Crippen LogP contribution in [-0.4, -0.2) is 10.5 Å². The van der Waals surface area contributed by atoms with Gasteiger partial charge in [-0.25, -0.2) is 0 Å². The van der Waals surface area contributed by atoms with Gasteiger partial charge >= 0.3 is 0 Å². The maximum absolute atomic E-state index is 12.3. The van der Waals surface area contributed by atoms with Crippen LogP contribution in [0.4, 0.5) is 0 Å². The van der Waals surface area contributed by atoms with Crippen LogP contribution in [0.25, 0.3) is 10.2 Å². The van der Waals surface area contributed by atoms with Crippen LogP contribution >= 0.6 is 38.9 Å². The van der Waals surface area contributed by atoms with Crippen molar-refractivity contribution in [1.29, 1.82) is 0 Å². The molecule has 3 nitrogen and oxygen atoms in total. The number of halogens is 2. The van der Waals surface area contributed by atoms with Gasteiger partial charge in [0.15, 0.2) is 4.80 Å². The van der Waals surface area contributed by atoms with E-state index in [1.54, 1.807) is 24.3 Å². The van der Waals surface area contributed by atoms with E-state index in [2.05, 4.69) is 26.8 Å². The highest BCUT2D eigenvalue weighted by atomic mass is 79.9. The molecule has 0 bridgehead atoms. The Morgan fingerprint density at radius 3 is 2.74 bits per heavy atom. The maximum Gasteiger partial charge on any atom is 0.279 e. The van der Waals surface area contributed by atoms with Crippen molar-refractivity contribution < 1.29 is 4.79 Å². The second-order valence-corrected chi connectivity index (χ2v) is 7.07. The van der Waals surface area contributed by atoms with Gasteiger partial charge in [0.05, 0.1) is 16.8 Å². The van der Waals surface area contributed by atoms with E-state index in [-0.39, 0.29) is 5.91 Å². The molecule has 1 amide bonds. The molecule has 0 aliphatic carbocycles. The number of benzene rings is 2. The number of terminal acetylenes is 1. The van der Waals surface area contributed by atoms with Gasteiger partial charge in [0.1, 0.15) is 0 Å². The molecule has 3 rings (SSSR count). The van der Waals surface area contributed by atoms with E-state index >= 15 is 0 Å². The van der Waals surface area contributed by atoms with Crippen molar-refractivity contribution in [3.8, 4) is 12.3 Å². The van der Waals surface area contributed by atoms with E-state index in [4.69, 9.17) is 18.0 Å². The molecule has 0 fully saturated rings. The number of carbonyl (C=O) groups excluding carboxylic acids is 1. The van der Waals surface area contributed by atoms with Gasteiger partial charge in [0.25, 0.3) is 5.91 Å². The molecule has 2 aromatic carbocycles. The lowest BCUT2D eigenvalue weighted by molar-refractivity contribution is 0.0998. The standard InChI is InChI=1S/C17H10BrClN2OS/c1-2-9-21-14-8-5-12(18)10-15(14)23-17(21)20-16(22)11-3-6-13(19)7-4-11/h1,3-8,10H,9H2. The van der Waals surface area contributed by atoms with Gasteiger partial charge in [-0.2, -0.15) is 4.99 Å². The highest BCUT2D eigenvalue weighted by Crippen LogP contribution is 2.22. The normalized spacial score (nSPS) is 11.6. The molecule has 1 aromatic heterocycles. The molecule has 0 radical (unpaired) electrons. The minimum Gasteiger partial charge on any atom is -0.305 e. The van der Waals surface area contributed by atoms with Crippen LogP contribution < -0.4 is 4.80 Å². The molecule has 0 atom stereocenters. The van der Waals surface area contributed by atoms with Gasteiger partial charge < -0.3 is 4.57 Å². The van der Waals surface area contributed by atoms with E-state index in [0.29, 0.717) is 21.9 Å². The summed E-state index contributed by atoms with van der Waals surface area (Å²) in [5.74, 6) is 2.29. The Bertz CT molecular complexity index is 996. The molecule has 0 spiro atoms. The molecule has 114 valence electrons. The van der Waals surface area contributed by atoms with E-state index < -0.39 is 0 Å². The summed E-state index contributed by atoms with van der Waals surface area (Å²) in [6.45, 7) is 0.356. The van der Waals surface area contributed by atoms with Gasteiger partial charge in [-0.05, 0) is 42.5 Å². The Balaban J connectivity index is 2.14. The van der Waals surface area contributed by atoms with Gasteiger partial charge in [0.2, 0.25) is 0 Å².